The van der Waals surface area contributed by atoms with Crippen LogP contribution in [0.2, 0.25) is 5.02 Å². The molecule has 4 rings (SSSR count). The number of thioether (sulfide) groups is 1. The Hall–Kier alpha value is -1.33. The highest BCUT2D eigenvalue weighted by atomic mass is 35.5. The summed E-state index contributed by atoms with van der Waals surface area (Å²) in [6, 6.07) is 3.38. The van der Waals surface area contributed by atoms with E-state index in [9.17, 15) is 14.4 Å². The van der Waals surface area contributed by atoms with Crippen molar-refractivity contribution in [1.82, 2.24) is 0 Å². The van der Waals surface area contributed by atoms with Crippen LogP contribution in [-0.2, 0) is 9.59 Å². The molecule has 0 spiro atoms. The van der Waals surface area contributed by atoms with E-state index in [1.807, 2.05) is 6.92 Å². The van der Waals surface area contributed by atoms with Crippen molar-refractivity contribution in [3.05, 3.63) is 22.7 Å². The first-order valence-corrected chi connectivity index (χ1v) is 9.07. The van der Waals surface area contributed by atoms with Crippen molar-refractivity contribution in [2.45, 2.75) is 18.2 Å². The van der Waals surface area contributed by atoms with Gasteiger partial charge in [0.05, 0.1) is 16.5 Å². The second-order valence-electron chi connectivity index (χ2n) is 6.35. The van der Waals surface area contributed by atoms with Gasteiger partial charge in [0, 0.05) is 23.2 Å². The third kappa shape index (κ3) is 2.24. The maximum Gasteiger partial charge on any atom is 0.182 e. The number of halogens is 1. The summed E-state index contributed by atoms with van der Waals surface area (Å²) in [6.07, 6.45) is 0.729. The quantitative estimate of drug-likeness (QED) is 0.606. The Morgan fingerprint density at radius 2 is 2.09 bits per heavy atom. The molecular formula is C17H15ClO4S. The lowest BCUT2D eigenvalue weighted by Crippen LogP contribution is -2.41. The van der Waals surface area contributed by atoms with Crippen LogP contribution in [0, 0.1) is 23.7 Å². The Morgan fingerprint density at radius 3 is 2.87 bits per heavy atom. The molecule has 0 bridgehead atoms. The van der Waals surface area contributed by atoms with Gasteiger partial charge < -0.3 is 4.74 Å². The van der Waals surface area contributed by atoms with E-state index in [1.54, 1.807) is 23.9 Å². The molecule has 1 heterocycles. The lowest BCUT2D eigenvalue weighted by Gasteiger charge is -2.24. The van der Waals surface area contributed by atoms with Gasteiger partial charge in [-0.2, -0.15) is 0 Å². The molecule has 4 unspecified atom stereocenters. The zero-order valence-electron chi connectivity index (χ0n) is 12.5. The van der Waals surface area contributed by atoms with Gasteiger partial charge in [-0.25, -0.2) is 0 Å². The molecule has 1 aromatic rings. The Bertz CT molecular complexity index is 744. The fraction of sp³-hybridized carbons (Fsp3) is 0.471. The first-order valence-electron chi connectivity index (χ1n) is 7.70. The monoisotopic (exact) mass is 350 g/mol. The van der Waals surface area contributed by atoms with Crippen LogP contribution in [0.4, 0.5) is 0 Å². The lowest BCUT2D eigenvalue weighted by atomic mass is 9.76. The average Bonchev–Trinajstić information content (AvgIpc) is 3.34. The third-order valence-electron chi connectivity index (χ3n) is 5.04. The topological polar surface area (TPSA) is 60.4 Å². The molecule has 4 atom stereocenters. The largest absolute Gasteiger partial charge is 0.490 e. The number of hydrogen-bond donors (Lipinski definition) is 0. The van der Waals surface area contributed by atoms with Crippen molar-refractivity contribution in [2.24, 2.45) is 23.7 Å². The minimum absolute atomic E-state index is 0.125. The summed E-state index contributed by atoms with van der Waals surface area (Å²) in [6.45, 7) is 2.34. The second kappa shape index (κ2) is 5.35. The number of ether oxygens (including phenoxy) is 1. The van der Waals surface area contributed by atoms with E-state index >= 15 is 0 Å². The van der Waals surface area contributed by atoms with Crippen LogP contribution in [-0.4, -0.2) is 29.7 Å². The number of fused-ring (bicyclic) bond motifs is 2. The molecular weight excluding hydrogens is 336 g/mol. The van der Waals surface area contributed by atoms with Gasteiger partial charge in [-0.05, 0) is 24.5 Å². The van der Waals surface area contributed by atoms with Crippen LogP contribution in [0.15, 0.2) is 17.0 Å². The van der Waals surface area contributed by atoms with Gasteiger partial charge >= 0.3 is 0 Å². The van der Waals surface area contributed by atoms with Gasteiger partial charge in [0.25, 0.3) is 0 Å². The molecule has 6 heteroatoms. The number of carbonyl (C=O) groups excluding carboxylic acids is 3. The fourth-order valence-electron chi connectivity index (χ4n) is 3.61. The SMILES string of the molecule is CC1C(=O)C(C(=O)c2ccc3c(c2Cl)OCCS3)C(=O)C2CC12. The van der Waals surface area contributed by atoms with Crippen LogP contribution in [0.25, 0.3) is 0 Å². The molecule has 0 radical (unpaired) electrons. The van der Waals surface area contributed by atoms with Gasteiger partial charge in [-0.1, -0.05) is 18.5 Å². The van der Waals surface area contributed by atoms with Crippen LogP contribution >= 0.6 is 23.4 Å². The molecule has 1 aromatic carbocycles. The molecule has 0 saturated heterocycles. The molecule has 0 N–H and O–H groups in total. The van der Waals surface area contributed by atoms with E-state index < -0.39 is 11.7 Å². The highest BCUT2D eigenvalue weighted by molar-refractivity contribution is 7.99. The van der Waals surface area contributed by atoms with E-state index in [4.69, 9.17) is 16.3 Å². The zero-order valence-corrected chi connectivity index (χ0v) is 14.1. The Morgan fingerprint density at radius 1 is 1.30 bits per heavy atom. The number of Topliss-reactive ketones (excluding diaryl/α,β-unsaturated/α-hetero) is 3. The number of rotatable bonds is 2. The van der Waals surface area contributed by atoms with Crippen LogP contribution in [0.5, 0.6) is 5.75 Å². The molecule has 0 aromatic heterocycles. The van der Waals surface area contributed by atoms with Gasteiger partial charge in [0.15, 0.2) is 23.1 Å². The van der Waals surface area contributed by atoms with E-state index in [1.165, 1.54) is 0 Å². The summed E-state index contributed by atoms with van der Waals surface area (Å²) in [5.41, 5.74) is 0.214. The predicted molar refractivity (Wildman–Crippen MR) is 86.3 cm³/mol. The zero-order chi connectivity index (χ0) is 16.3. The summed E-state index contributed by atoms with van der Waals surface area (Å²) in [4.78, 5) is 38.6. The number of hydrogen-bond acceptors (Lipinski definition) is 5. The van der Waals surface area contributed by atoms with Crippen LogP contribution < -0.4 is 4.74 Å². The van der Waals surface area contributed by atoms with Crippen LogP contribution in [0.3, 0.4) is 0 Å². The molecule has 0 amide bonds. The summed E-state index contributed by atoms with van der Waals surface area (Å²) in [5, 5.41) is 0.214. The van der Waals surface area contributed by atoms with E-state index in [-0.39, 0.29) is 39.9 Å². The standard InChI is InChI=1S/C17H15ClO4S/c1-7-9-6-10(9)16(21)12(14(7)19)15(20)8-2-3-11-17(13(8)18)22-4-5-23-11/h2-3,7,9-10,12H,4-6H2,1H3. The average molecular weight is 351 g/mol. The summed E-state index contributed by atoms with van der Waals surface area (Å²) < 4.78 is 5.56. The van der Waals surface area contributed by atoms with Gasteiger partial charge in [-0.3, -0.25) is 14.4 Å². The smallest absolute Gasteiger partial charge is 0.182 e. The minimum Gasteiger partial charge on any atom is -0.490 e. The number of carbonyl (C=O) groups is 3. The maximum absolute atomic E-state index is 12.8. The highest BCUT2D eigenvalue weighted by Gasteiger charge is 2.58. The van der Waals surface area contributed by atoms with Crippen molar-refractivity contribution in [3.8, 4) is 5.75 Å². The number of benzene rings is 1. The molecule has 3 aliphatic rings. The lowest BCUT2D eigenvalue weighted by molar-refractivity contribution is -0.136. The summed E-state index contributed by atoms with van der Waals surface area (Å²) in [5.74, 6) is -1.06. The van der Waals surface area contributed by atoms with Gasteiger partial charge in [0.2, 0.25) is 0 Å². The van der Waals surface area contributed by atoms with Crippen LogP contribution in [0.1, 0.15) is 23.7 Å². The fourth-order valence-corrected chi connectivity index (χ4v) is 4.82. The Labute approximate surface area is 142 Å². The van der Waals surface area contributed by atoms with Crippen molar-refractivity contribution in [2.75, 3.05) is 12.4 Å². The predicted octanol–water partition coefficient (Wildman–Crippen LogP) is 3.05. The number of ketones is 3. The van der Waals surface area contributed by atoms with Gasteiger partial charge in [-0.15, -0.1) is 11.8 Å². The van der Waals surface area contributed by atoms with Crippen molar-refractivity contribution >= 4 is 40.7 Å². The highest BCUT2D eigenvalue weighted by Crippen LogP contribution is 2.52. The van der Waals surface area contributed by atoms with Crippen molar-refractivity contribution < 1.29 is 19.1 Å². The second-order valence-corrected chi connectivity index (χ2v) is 7.86. The van der Waals surface area contributed by atoms with E-state index in [0.717, 1.165) is 17.1 Å². The normalized spacial score (nSPS) is 31.9. The van der Waals surface area contributed by atoms with E-state index in [2.05, 4.69) is 0 Å². The van der Waals surface area contributed by atoms with Gasteiger partial charge in [0.1, 0.15) is 5.92 Å². The van der Waals surface area contributed by atoms with Crippen molar-refractivity contribution in [1.29, 1.82) is 0 Å². The Kier molecular flexibility index (Phi) is 3.54. The molecule has 4 nitrogen and oxygen atoms in total. The third-order valence-corrected chi connectivity index (χ3v) is 6.42. The molecule has 2 aliphatic carbocycles. The molecule has 23 heavy (non-hydrogen) atoms. The summed E-state index contributed by atoms with van der Waals surface area (Å²) >= 11 is 7.95. The first-order chi connectivity index (χ1) is 11.0. The molecule has 2 fully saturated rings. The van der Waals surface area contributed by atoms with E-state index in [0.29, 0.717) is 12.4 Å². The summed E-state index contributed by atoms with van der Waals surface area (Å²) in [7, 11) is 0. The first kappa shape index (κ1) is 15.2. The Balaban J connectivity index is 1.72. The van der Waals surface area contributed by atoms with Crippen molar-refractivity contribution in [3.63, 3.8) is 0 Å². The molecule has 1 aliphatic heterocycles. The molecule has 2 saturated carbocycles. The maximum atomic E-state index is 12.8. The molecule has 120 valence electrons. The minimum atomic E-state index is -1.19.